The smallest absolute Gasteiger partial charge is 0.250 e. The van der Waals surface area contributed by atoms with Gasteiger partial charge in [-0.25, -0.2) is 4.68 Å². The predicted octanol–water partition coefficient (Wildman–Crippen LogP) is 2.76. The van der Waals surface area contributed by atoms with Gasteiger partial charge in [-0.2, -0.15) is 5.10 Å². The van der Waals surface area contributed by atoms with Gasteiger partial charge >= 0.3 is 0 Å². The lowest BCUT2D eigenvalue weighted by Crippen LogP contribution is -2.29. The summed E-state index contributed by atoms with van der Waals surface area (Å²) < 4.78 is 1.81. The van der Waals surface area contributed by atoms with E-state index >= 15 is 0 Å². The summed E-state index contributed by atoms with van der Waals surface area (Å²) in [6, 6.07) is 5.21. The van der Waals surface area contributed by atoms with Crippen LogP contribution in [-0.2, 0) is 6.42 Å². The topological polar surface area (TPSA) is 110 Å². The van der Waals surface area contributed by atoms with Crippen LogP contribution in [0.4, 0.5) is 5.69 Å². The number of hydrogen-bond acceptors (Lipinski definition) is 5. The number of anilines is 1. The van der Waals surface area contributed by atoms with E-state index < -0.39 is 12.0 Å². The highest BCUT2D eigenvalue weighted by molar-refractivity contribution is 6.00. The number of carbonyl (C=O) groups excluding carboxylic acids is 2. The zero-order chi connectivity index (χ0) is 20.9. The van der Waals surface area contributed by atoms with Crippen LogP contribution in [0.5, 0.6) is 0 Å². The van der Waals surface area contributed by atoms with Crippen molar-refractivity contribution < 1.29 is 14.7 Å². The minimum Gasteiger partial charge on any atom is -0.391 e. The molecule has 7 heteroatoms. The van der Waals surface area contributed by atoms with E-state index in [-0.39, 0.29) is 17.2 Å². The molecule has 1 fully saturated rings. The van der Waals surface area contributed by atoms with E-state index in [1.54, 1.807) is 12.1 Å². The third-order valence-corrected chi connectivity index (χ3v) is 6.05. The SMILES string of the molecule is Cc1nn(-c2ccc(C(N)=O)c(NC3CCCC3O)c2)c2c1C(=O)CC(C)(C)C2. The molecule has 2 aliphatic carbocycles. The molecule has 2 aliphatic rings. The first-order valence-corrected chi connectivity index (χ1v) is 10.2. The summed E-state index contributed by atoms with van der Waals surface area (Å²) in [5.74, 6) is -0.400. The summed E-state index contributed by atoms with van der Waals surface area (Å²) in [6.07, 6.45) is 3.33. The van der Waals surface area contributed by atoms with Crippen molar-refractivity contribution in [3.8, 4) is 5.69 Å². The van der Waals surface area contributed by atoms with Gasteiger partial charge in [0.15, 0.2) is 5.78 Å². The monoisotopic (exact) mass is 396 g/mol. The first-order valence-electron chi connectivity index (χ1n) is 10.2. The Bertz CT molecular complexity index is 992. The minimum atomic E-state index is -0.526. The zero-order valence-corrected chi connectivity index (χ0v) is 17.2. The molecule has 154 valence electrons. The normalized spacial score (nSPS) is 23.1. The van der Waals surface area contributed by atoms with Crippen molar-refractivity contribution in [1.82, 2.24) is 9.78 Å². The summed E-state index contributed by atoms with van der Waals surface area (Å²) in [5, 5.41) is 18.1. The first-order chi connectivity index (χ1) is 13.7. The van der Waals surface area contributed by atoms with Crippen LogP contribution < -0.4 is 11.1 Å². The molecule has 2 aromatic rings. The van der Waals surface area contributed by atoms with Crippen molar-refractivity contribution in [1.29, 1.82) is 0 Å². The first kappa shape index (κ1) is 19.6. The highest BCUT2D eigenvalue weighted by Crippen LogP contribution is 2.37. The van der Waals surface area contributed by atoms with Gasteiger partial charge in [0.1, 0.15) is 0 Å². The lowest BCUT2D eigenvalue weighted by Gasteiger charge is -2.29. The molecule has 0 bridgehead atoms. The van der Waals surface area contributed by atoms with Crippen LogP contribution in [-0.4, -0.2) is 38.7 Å². The number of aliphatic hydroxyl groups excluding tert-OH is 1. The number of hydrogen-bond donors (Lipinski definition) is 3. The Kier molecular flexibility index (Phi) is 4.73. The summed E-state index contributed by atoms with van der Waals surface area (Å²) >= 11 is 0. The molecule has 2 unspecified atom stereocenters. The van der Waals surface area contributed by atoms with Gasteiger partial charge in [0.2, 0.25) is 0 Å². The number of amides is 1. The number of nitrogens with two attached hydrogens (primary N) is 1. The molecule has 29 heavy (non-hydrogen) atoms. The molecule has 1 saturated carbocycles. The molecule has 4 rings (SSSR count). The number of Topliss-reactive ketones (excluding diaryl/α,β-unsaturated/α-hetero) is 1. The Balaban J connectivity index is 1.79. The summed E-state index contributed by atoms with van der Waals surface area (Å²) in [5.41, 5.74) is 9.51. The molecule has 1 aromatic carbocycles. The fourth-order valence-corrected chi connectivity index (χ4v) is 4.66. The van der Waals surface area contributed by atoms with Gasteiger partial charge < -0.3 is 16.2 Å². The maximum Gasteiger partial charge on any atom is 0.250 e. The lowest BCUT2D eigenvalue weighted by molar-refractivity contribution is 0.0909. The highest BCUT2D eigenvalue weighted by atomic mass is 16.3. The fourth-order valence-electron chi connectivity index (χ4n) is 4.66. The number of aliphatic hydroxyl groups is 1. The number of primary amides is 1. The van der Waals surface area contributed by atoms with Gasteiger partial charge in [-0.1, -0.05) is 13.8 Å². The second kappa shape index (κ2) is 6.99. The summed E-state index contributed by atoms with van der Waals surface area (Å²) in [7, 11) is 0. The Hall–Kier alpha value is -2.67. The molecule has 1 heterocycles. The van der Waals surface area contributed by atoms with Crippen molar-refractivity contribution in [2.24, 2.45) is 11.1 Å². The van der Waals surface area contributed by atoms with Gasteiger partial charge in [0, 0.05) is 12.1 Å². The average Bonchev–Trinajstić information content (AvgIpc) is 3.17. The molecule has 0 radical (unpaired) electrons. The number of ketones is 1. The molecule has 1 amide bonds. The largest absolute Gasteiger partial charge is 0.391 e. The molecule has 2 atom stereocenters. The number of fused-ring (bicyclic) bond motifs is 1. The number of nitrogens with one attached hydrogen (secondary N) is 1. The number of aryl methyl sites for hydroxylation is 1. The van der Waals surface area contributed by atoms with E-state index in [0.717, 1.165) is 42.8 Å². The maximum absolute atomic E-state index is 12.7. The number of nitrogens with zero attached hydrogens (tertiary/aromatic N) is 2. The zero-order valence-electron chi connectivity index (χ0n) is 17.2. The van der Waals surface area contributed by atoms with Crippen molar-refractivity contribution >= 4 is 17.4 Å². The molecule has 0 saturated heterocycles. The van der Waals surface area contributed by atoms with E-state index in [1.165, 1.54) is 0 Å². The van der Waals surface area contributed by atoms with Crippen LogP contribution in [0.2, 0.25) is 0 Å². The Morgan fingerprint density at radius 3 is 2.72 bits per heavy atom. The van der Waals surface area contributed by atoms with Crippen molar-refractivity contribution in [2.75, 3.05) is 5.32 Å². The minimum absolute atomic E-state index is 0.114. The Morgan fingerprint density at radius 2 is 2.07 bits per heavy atom. The number of aromatic nitrogens is 2. The van der Waals surface area contributed by atoms with Crippen LogP contribution >= 0.6 is 0 Å². The van der Waals surface area contributed by atoms with Gasteiger partial charge in [0.05, 0.1) is 40.3 Å². The standard InChI is InChI=1S/C22H28N4O3/c1-12-20-17(10-22(2,3)11-19(20)28)26(25-12)13-7-8-14(21(23)29)16(9-13)24-15-5-4-6-18(15)27/h7-9,15,18,24,27H,4-6,10-11H2,1-3H3,(H2,23,29). The molecule has 0 aliphatic heterocycles. The van der Waals surface area contributed by atoms with Gasteiger partial charge in [-0.15, -0.1) is 0 Å². The average molecular weight is 396 g/mol. The van der Waals surface area contributed by atoms with Gasteiger partial charge in [-0.05, 0) is 56.2 Å². The van der Waals surface area contributed by atoms with Crippen molar-refractivity contribution in [3.63, 3.8) is 0 Å². The quantitative estimate of drug-likeness (QED) is 0.736. The Morgan fingerprint density at radius 1 is 1.31 bits per heavy atom. The molecular formula is C22H28N4O3. The predicted molar refractivity (Wildman–Crippen MR) is 111 cm³/mol. The number of carbonyl (C=O) groups is 2. The highest BCUT2D eigenvalue weighted by Gasteiger charge is 2.36. The molecule has 7 nitrogen and oxygen atoms in total. The molecule has 4 N–H and O–H groups in total. The van der Waals surface area contributed by atoms with E-state index in [4.69, 9.17) is 5.73 Å². The lowest BCUT2D eigenvalue weighted by atomic mass is 9.75. The number of rotatable bonds is 4. The van der Waals surface area contributed by atoms with Crippen molar-refractivity contribution in [3.05, 3.63) is 40.7 Å². The molecule has 0 spiro atoms. The van der Waals surface area contributed by atoms with Gasteiger partial charge in [-0.3, -0.25) is 9.59 Å². The van der Waals surface area contributed by atoms with Crippen LogP contribution in [0.25, 0.3) is 5.69 Å². The maximum atomic E-state index is 12.7. The van der Waals surface area contributed by atoms with E-state index in [0.29, 0.717) is 23.2 Å². The number of benzene rings is 1. The summed E-state index contributed by atoms with van der Waals surface area (Å²) in [6.45, 7) is 6.04. The molecular weight excluding hydrogens is 368 g/mol. The second-order valence-electron chi connectivity index (χ2n) is 9.10. The fraction of sp³-hybridized carbons (Fsp3) is 0.500. The Labute approximate surface area is 170 Å². The van der Waals surface area contributed by atoms with E-state index in [1.807, 2.05) is 17.7 Å². The van der Waals surface area contributed by atoms with Crippen LogP contribution in [0.15, 0.2) is 18.2 Å². The van der Waals surface area contributed by atoms with Crippen LogP contribution in [0, 0.1) is 12.3 Å². The molecule has 1 aromatic heterocycles. The van der Waals surface area contributed by atoms with E-state index in [2.05, 4.69) is 24.3 Å². The van der Waals surface area contributed by atoms with E-state index in [9.17, 15) is 14.7 Å². The summed E-state index contributed by atoms with van der Waals surface area (Å²) in [4.78, 5) is 24.6. The van der Waals surface area contributed by atoms with Crippen LogP contribution in [0.1, 0.15) is 71.6 Å². The second-order valence-corrected chi connectivity index (χ2v) is 9.10. The van der Waals surface area contributed by atoms with Gasteiger partial charge in [0.25, 0.3) is 5.91 Å². The third kappa shape index (κ3) is 3.55. The third-order valence-electron chi connectivity index (χ3n) is 6.05. The van der Waals surface area contributed by atoms with Crippen molar-refractivity contribution in [2.45, 2.75) is 65.0 Å². The van der Waals surface area contributed by atoms with Crippen LogP contribution in [0.3, 0.4) is 0 Å².